The molecule has 0 unspecified atom stereocenters. The zero-order valence-electron chi connectivity index (χ0n) is 16.7. The molecule has 4 aromatic rings. The number of phenols is 1. The van der Waals surface area contributed by atoms with E-state index in [4.69, 9.17) is 4.74 Å². The van der Waals surface area contributed by atoms with Crippen LogP contribution in [0.1, 0.15) is 17.4 Å². The van der Waals surface area contributed by atoms with E-state index in [0.29, 0.717) is 35.3 Å². The second-order valence-corrected chi connectivity index (χ2v) is 7.49. The Kier molecular flexibility index (Phi) is 4.15. The predicted molar refractivity (Wildman–Crippen MR) is 114 cm³/mol. The molecule has 0 aliphatic carbocycles. The molecule has 0 fully saturated rings. The highest BCUT2D eigenvalue weighted by atomic mass is 16.5. The third-order valence-corrected chi connectivity index (χ3v) is 5.82. The predicted octanol–water partition coefficient (Wildman–Crippen LogP) is 2.53. The highest BCUT2D eigenvalue weighted by Crippen LogP contribution is 2.42. The Labute approximate surface area is 172 Å². The molecule has 0 amide bonds. The second kappa shape index (κ2) is 6.74. The lowest BCUT2D eigenvalue weighted by Gasteiger charge is -2.28. The number of nitrogens with zero attached hydrogens (tertiary/aromatic N) is 3. The maximum absolute atomic E-state index is 13.3. The van der Waals surface area contributed by atoms with E-state index >= 15 is 0 Å². The molecule has 0 radical (unpaired) electrons. The molecule has 1 aliphatic heterocycles. The van der Waals surface area contributed by atoms with Crippen LogP contribution in [0, 0.1) is 0 Å². The second-order valence-electron chi connectivity index (χ2n) is 7.49. The van der Waals surface area contributed by atoms with Crippen LogP contribution in [0.15, 0.2) is 64.2 Å². The van der Waals surface area contributed by atoms with Gasteiger partial charge in [-0.2, -0.15) is 0 Å². The average Bonchev–Trinajstić information content (AvgIpc) is 3.13. The zero-order valence-corrected chi connectivity index (χ0v) is 16.7. The number of hydrogen-bond donors (Lipinski definition) is 1. The summed E-state index contributed by atoms with van der Waals surface area (Å²) in [5.74, 6) is 0.111. The van der Waals surface area contributed by atoms with Crippen LogP contribution in [0.2, 0.25) is 0 Å². The number of hydrogen-bond acceptors (Lipinski definition) is 4. The van der Waals surface area contributed by atoms with E-state index < -0.39 is 11.8 Å². The number of ether oxygens (including phenoxy) is 1. The Balaban J connectivity index is 1.98. The number of rotatable bonds is 2. The molecule has 30 heavy (non-hydrogen) atoms. The molecule has 5 rings (SSSR count). The van der Waals surface area contributed by atoms with Crippen LogP contribution in [-0.4, -0.2) is 25.4 Å². The fourth-order valence-corrected chi connectivity index (χ4v) is 4.42. The van der Waals surface area contributed by atoms with Gasteiger partial charge in [-0.1, -0.05) is 48.5 Å². The van der Waals surface area contributed by atoms with E-state index in [2.05, 4.69) is 4.57 Å². The van der Waals surface area contributed by atoms with Crippen molar-refractivity contribution in [2.24, 2.45) is 14.1 Å². The molecular formula is C23H21N3O4. The number of phenolic OH excluding ortho intramolecular Hbond substituents is 1. The van der Waals surface area contributed by atoms with Gasteiger partial charge in [0.1, 0.15) is 11.9 Å². The van der Waals surface area contributed by atoms with E-state index in [1.54, 1.807) is 25.2 Å². The minimum absolute atomic E-state index is 0.111. The average molecular weight is 403 g/mol. The smallest absolute Gasteiger partial charge is 0.331 e. The summed E-state index contributed by atoms with van der Waals surface area (Å²) >= 11 is 0. The lowest BCUT2D eigenvalue weighted by atomic mass is 10.0. The number of benzene rings is 2. The fourth-order valence-electron chi connectivity index (χ4n) is 4.42. The number of aromatic hydroxyl groups is 1. The molecule has 1 atom stereocenters. The molecule has 3 heterocycles. The summed E-state index contributed by atoms with van der Waals surface area (Å²) in [6.07, 6.45) is -0.599. The third-order valence-electron chi connectivity index (χ3n) is 5.82. The molecule has 7 heteroatoms. The topological polar surface area (TPSA) is 78.4 Å². The molecule has 7 nitrogen and oxygen atoms in total. The molecular weight excluding hydrogens is 382 g/mol. The fraction of sp³-hybridized carbons (Fsp3) is 0.217. The summed E-state index contributed by atoms with van der Waals surface area (Å²) in [4.78, 5) is 26.0. The van der Waals surface area contributed by atoms with E-state index in [9.17, 15) is 14.7 Å². The van der Waals surface area contributed by atoms with E-state index in [1.165, 1.54) is 11.6 Å². The summed E-state index contributed by atoms with van der Waals surface area (Å²) < 4.78 is 10.8. The first-order valence-electron chi connectivity index (χ1n) is 9.77. The summed E-state index contributed by atoms with van der Waals surface area (Å²) in [5, 5.41) is 11.0. The molecule has 1 aliphatic rings. The van der Waals surface area contributed by atoms with Crippen LogP contribution >= 0.6 is 0 Å². The van der Waals surface area contributed by atoms with Crippen molar-refractivity contribution in [3.63, 3.8) is 0 Å². The lowest BCUT2D eigenvalue weighted by molar-refractivity contribution is 0.0464. The molecule has 0 spiro atoms. The van der Waals surface area contributed by atoms with Crippen molar-refractivity contribution >= 4 is 10.9 Å². The first-order chi connectivity index (χ1) is 14.5. The zero-order chi connectivity index (χ0) is 21.0. The summed E-state index contributed by atoms with van der Waals surface area (Å²) in [5.41, 5.74) is 2.75. The highest BCUT2D eigenvalue weighted by Gasteiger charge is 2.33. The highest BCUT2D eigenvalue weighted by molar-refractivity contribution is 5.96. The van der Waals surface area contributed by atoms with Gasteiger partial charge in [0.05, 0.1) is 28.9 Å². The molecule has 0 saturated heterocycles. The largest absolute Gasteiger partial charge is 0.508 e. The van der Waals surface area contributed by atoms with Crippen molar-refractivity contribution in [1.82, 2.24) is 13.7 Å². The molecule has 0 saturated carbocycles. The number of para-hydroxylation sites is 1. The summed E-state index contributed by atoms with van der Waals surface area (Å²) in [6, 6.07) is 16.7. The monoisotopic (exact) mass is 403 g/mol. The molecule has 2 aromatic heterocycles. The molecule has 152 valence electrons. The first-order valence-corrected chi connectivity index (χ1v) is 9.77. The molecule has 0 bridgehead atoms. The number of aryl methyl sites for hydroxylation is 1. The van der Waals surface area contributed by atoms with Gasteiger partial charge < -0.3 is 14.4 Å². The van der Waals surface area contributed by atoms with Gasteiger partial charge in [0, 0.05) is 26.2 Å². The number of fused-ring (bicyclic) bond motifs is 3. The standard InChI is InChI=1S/C23H21N3O4/c1-24-19-17(22(28)25(2)23(24)29)18(14-8-4-3-5-9-14)26-12-13-30-21(20(19)26)15-10-6-7-11-16(15)27/h3-11,21,27H,12-13H2,1-2H3/t21-/m1/s1. The van der Waals surface area contributed by atoms with Crippen LogP contribution in [0.25, 0.3) is 22.2 Å². The van der Waals surface area contributed by atoms with Crippen molar-refractivity contribution in [2.45, 2.75) is 12.6 Å². The van der Waals surface area contributed by atoms with Gasteiger partial charge in [0.15, 0.2) is 0 Å². The van der Waals surface area contributed by atoms with Gasteiger partial charge in [0.2, 0.25) is 0 Å². The SMILES string of the molecule is Cn1c(=O)c2c(-c3ccccc3)n3c(c2n(C)c1=O)[C@@H](c1ccccc1O)OCC3. The van der Waals surface area contributed by atoms with Gasteiger partial charge in [0.25, 0.3) is 5.56 Å². The van der Waals surface area contributed by atoms with E-state index in [-0.39, 0.29) is 11.3 Å². The van der Waals surface area contributed by atoms with Gasteiger partial charge >= 0.3 is 5.69 Å². The van der Waals surface area contributed by atoms with Crippen LogP contribution < -0.4 is 11.2 Å². The Morgan fingerprint density at radius 3 is 2.40 bits per heavy atom. The van der Waals surface area contributed by atoms with Crippen LogP contribution in [0.4, 0.5) is 0 Å². The van der Waals surface area contributed by atoms with Gasteiger partial charge in [-0.25, -0.2) is 4.79 Å². The first kappa shape index (κ1) is 18.4. The van der Waals surface area contributed by atoms with Gasteiger partial charge in [-0.05, 0) is 11.6 Å². The van der Waals surface area contributed by atoms with Crippen LogP contribution in [0.5, 0.6) is 5.75 Å². The van der Waals surface area contributed by atoms with E-state index in [1.807, 2.05) is 36.4 Å². The Bertz CT molecular complexity index is 1400. The Morgan fingerprint density at radius 2 is 1.67 bits per heavy atom. The molecule has 2 aromatic carbocycles. The van der Waals surface area contributed by atoms with Crippen molar-refractivity contribution in [1.29, 1.82) is 0 Å². The van der Waals surface area contributed by atoms with Crippen LogP contribution in [0.3, 0.4) is 0 Å². The van der Waals surface area contributed by atoms with Crippen molar-refractivity contribution < 1.29 is 9.84 Å². The maximum atomic E-state index is 13.3. The quantitative estimate of drug-likeness (QED) is 0.558. The minimum Gasteiger partial charge on any atom is -0.508 e. The Morgan fingerprint density at radius 1 is 0.967 bits per heavy atom. The third kappa shape index (κ3) is 2.48. The van der Waals surface area contributed by atoms with Crippen molar-refractivity contribution in [3.05, 3.63) is 86.7 Å². The lowest BCUT2D eigenvalue weighted by Crippen LogP contribution is -2.37. The summed E-state index contributed by atoms with van der Waals surface area (Å²) in [6.45, 7) is 0.955. The van der Waals surface area contributed by atoms with Gasteiger partial charge in [-0.15, -0.1) is 0 Å². The maximum Gasteiger partial charge on any atom is 0.331 e. The van der Waals surface area contributed by atoms with Crippen molar-refractivity contribution in [2.75, 3.05) is 6.61 Å². The normalized spacial score (nSPS) is 16.0. The van der Waals surface area contributed by atoms with E-state index in [0.717, 1.165) is 15.8 Å². The molecule has 1 N–H and O–H groups in total. The number of aromatic nitrogens is 3. The van der Waals surface area contributed by atoms with Gasteiger partial charge in [-0.3, -0.25) is 13.9 Å². The van der Waals surface area contributed by atoms with Crippen LogP contribution in [-0.2, 0) is 25.4 Å². The van der Waals surface area contributed by atoms with Crippen molar-refractivity contribution in [3.8, 4) is 17.0 Å². The minimum atomic E-state index is -0.599. The summed E-state index contributed by atoms with van der Waals surface area (Å²) in [7, 11) is 3.16. The Hall–Kier alpha value is -3.58.